The predicted octanol–water partition coefficient (Wildman–Crippen LogP) is -2.75. The van der Waals surface area contributed by atoms with Crippen LogP contribution < -0.4 is 18.9 Å². The smallest absolute Gasteiger partial charge is 1.00 e. The van der Waals surface area contributed by atoms with E-state index in [4.69, 9.17) is 0 Å². The van der Waals surface area contributed by atoms with Gasteiger partial charge in [-0.1, -0.05) is 9.05 Å². The van der Waals surface area contributed by atoms with Crippen molar-refractivity contribution in [2.45, 2.75) is 6.42 Å². The van der Waals surface area contributed by atoms with E-state index in [1.807, 2.05) is 0 Å². The Morgan fingerprint density at radius 3 is 2.00 bits per heavy atom. The van der Waals surface area contributed by atoms with E-state index in [1.165, 1.54) is 0 Å². The Hall–Kier alpha value is -0.688. The van der Waals surface area contributed by atoms with Gasteiger partial charge in [-0.15, -0.1) is 0 Å². The molecule has 76 valence electrons. The third kappa shape index (κ3) is 6.79. The molecule has 6 nitrogen and oxygen atoms in total. The van der Waals surface area contributed by atoms with E-state index < -0.39 is 25.7 Å². The Labute approximate surface area is 89.2 Å². The minimum absolute atomic E-state index is 0. The van der Waals surface area contributed by atoms with Crippen molar-refractivity contribution in [3.05, 3.63) is 0 Å². The first-order valence-corrected chi connectivity index (χ1v) is 2.69. The molecule has 0 aliphatic carbocycles. The summed E-state index contributed by atoms with van der Waals surface area (Å²) in [5.41, 5.74) is 0. The molecule has 0 saturated heterocycles. The van der Waals surface area contributed by atoms with E-state index in [-0.39, 0.29) is 20.3 Å². The van der Waals surface area contributed by atoms with Crippen LogP contribution in [0, 0.1) is 0 Å². The first-order chi connectivity index (χ1) is 6.13. The quantitative estimate of drug-likeness (QED) is 0.361. The second-order valence-corrected chi connectivity index (χ2v) is 1.58. The molecule has 0 spiro atoms. The van der Waals surface area contributed by atoms with Gasteiger partial charge in [-0.3, -0.25) is 9.74 Å². The fourth-order valence-corrected chi connectivity index (χ4v) is 0.344. The van der Waals surface area contributed by atoms with Gasteiger partial charge in [0, 0.05) is 4.53 Å². The van der Waals surface area contributed by atoms with Crippen molar-refractivity contribution >= 4 is 19.3 Å². The summed E-state index contributed by atoms with van der Waals surface area (Å²) in [6.45, 7) is 0. The molecule has 0 aliphatic heterocycles. The zero-order valence-corrected chi connectivity index (χ0v) is 6.87. The van der Waals surface area contributed by atoms with Gasteiger partial charge in [-0.05, 0) is 0 Å². The normalized spacial score (nSPS) is 8.50. The summed E-state index contributed by atoms with van der Waals surface area (Å²) in [7, 11) is -2.54. The van der Waals surface area contributed by atoms with Crippen molar-refractivity contribution in [3.8, 4) is 0 Å². The molecule has 11 heteroatoms. The molecule has 0 saturated carbocycles. The van der Waals surface area contributed by atoms with Crippen LogP contribution in [0.4, 0.5) is 13.6 Å². The van der Waals surface area contributed by atoms with Gasteiger partial charge in [0.15, 0.2) is 0 Å². The van der Waals surface area contributed by atoms with Crippen molar-refractivity contribution in [2.24, 2.45) is 0 Å². The predicted molar refractivity (Wildman–Crippen MR) is 29.2 cm³/mol. The molecule has 0 bridgehead atoms. The van der Waals surface area contributed by atoms with Crippen molar-refractivity contribution in [2.75, 3.05) is 0 Å². The Bertz CT molecular complexity index is 194. The minimum atomic E-state index is -2.54. The molecule has 0 N–H and O–H groups in total. The van der Waals surface area contributed by atoms with Crippen LogP contribution in [0.15, 0.2) is 0 Å². The first kappa shape index (κ1) is 15.8. The van der Waals surface area contributed by atoms with Gasteiger partial charge >= 0.3 is 38.1 Å². The molecule has 0 radical (unpaired) electrons. The van der Waals surface area contributed by atoms with E-state index in [0.717, 1.165) is 0 Å². The zero-order valence-electron chi connectivity index (χ0n) is 7.87. The second-order valence-electron chi connectivity index (χ2n) is 1.58. The van der Waals surface area contributed by atoms with E-state index in [9.17, 15) is 23.2 Å². The molecule has 0 aromatic heterocycles. The summed E-state index contributed by atoms with van der Waals surface area (Å²) in [4.78, 5) is 28.1. The number of carbonyl (C=O) groups excluding carboxylic acids is 2. The first-order valence-electron chi connectivity index (χ1n) is 2.69. The van der Waals surface area contributed by atoms with Crippen LogP contribution in [0.1, 0.15) is 7.85 Å². The summed E-state index contributed by atoms with van der Waals surface area (Å²) in [5.74, 6) is -3.07. The molecule has 0 rings (SSSR count). The Morgan fingerprint density at radius 2 is 1.64 bits per heavy atom. The third-order valence-electron chi connectivity index (χ3n) is 0.748. The largest absolute Gasteiger partial charge is 1.00 e. The molecule has 0 unspecified atom stereocenters. The summed E-state index contributed by atoms with van der Waals surface area (Å²) in [6.07, 6.45) is -1.17. The topological polar surface area (TPSA) is 71.1 Å². The van der Waals surface area contributed by atoms with Crippen LogP contribution in [0.2, 0.25) is 0 Å². The average Bonchev–Trinajstić information content (AvgIpc) is 2.13. The van der Waals surface area contributed by atoms with E-state index in [2.05, 4.69) is 19.3 Å². The van der Waals surface area contributed by atoms with Crippen LogP contribution >= 0.6 is 0 Å². The number of hydrogen-bond donors (Lipinski definition) is 0. The molecule has 0 aromatic rings. The van der Waals surface area contributed by atoms with Crippen LogP contribution in [0.3, 0.4) is 0 Å². The van der Waals surface area contributed by atoms with Gasteiger partial charge < -0.3 is 6.08 Å². The van der Waals surface area contributed by atoms with Crippen molar-refractivity contribution < 1.29 is 62.8 Å². The number of halogens is 3. The standard InChI is InChI=1S/C3H2BF3O6.Li.H/c5-11-3(9)1-2(8)10-4(12-6)13-7;;/h1H2;;/q;+1;-1. The SMILES string of the molecule is O=C(CC(=O)OB(OF)OF)OF.[H-].[Li+]. The van der Waals surface area contributed by atoms with Gasteiger partial charge in [-0.25, -0.2) is 4.79 Å². The van der Waals surface area contributed by atoms with E-state index in [1.54, 1.807) is 0 Å². The maximum Gasteiger partial charge on any atom is 1.00 e. The molecule has 0 aromatic carbocycles. The second kappa shape index (κ2) is 8.89. The van der Waals surface area contributed by atoms with Gasteiger partial charge in [0.25, 0.3) is 0 Å². The van der Waals surface area contributed by atoms with Gasteiger partial charge in [-0.2, -0.15) is 9.72 Å². The van der Waals surface area contributed by atoms with Gasteiger partial charge in [0.1, 0.15) is 6.42 Å². The van der Waals surface area contributed by atoms with Crippen LogP contribution in [0.25, 0.3) is 0 Å². The molecule has 0 heterocycles. The monoisotopic (exact) mass is 210 g/mol. The Balaban J connectivity index is -0.000000720. The molecule has 0 aliphatic rings. The molecule has 0 amide bonds. The molecular weight excluding hydrogens is 207 g/mol. The van der Waals surface area contributed by atoms with Crippen molar-refractivity contribution in [1.82, 2.24) is 0 Å². The van der Waals surface area contributed by atoms with Crippen LogP contribution in [0.5, 0.6) is 0 Å². The Morgan fingerprint density at radius 1 is 1.14 bits per heavy atom. The average molecular weight is 210 g/mol. The molecule has 0 fully saturated rings. The van der Waals surface area contributed by atoms with Crippen LogP contribution in [-0.2, 0) is 28.9 Å². The van der Waals surface area contributed by atoms with Gasteiger partial charge in [0.2, 0.25) is 0 Å². The third-order valence-corrected chi connectivity index (χ3v) is 0.748. The molecule has 14 heavy (non-hydrogen) atoms. The molecular formula is C3H3BF3LiO6. The number of carbonyl (C=O) groups is 2. The maximum atomic E-state index is 11.1. The zero-order chi connectivity index (χ0) is 10.3. The minimum Gasteiger partial charge on any atom is -1.00 e. The fourth-order valence-electron chi connectivity index (χ4n) is 0.344. The summed E-state index contributed by atoms with van der Waals surface area (Å²) in [5, 5.41) is 0. The fraction of sp³-hybridized carbons (Fsp3) is 0.333. The Kier molecular flexibility index (Phi) is 10.0. The van der Waals surface area contributed by atoms with E-state index >= 15 is 0 Å². The summed E-state index contributed by atoms with van der Waals surface area (Å²) < 4.78 is 36.8. The number of hydrogen-bond acceptors (Lipinski definition) is 6. The molecule has 0 atom stereocenters. The van der Waals surface area contributed by atoms with Crippen molar-refractivity contribution in [1.29, 1.82) is 0 Å². The summed E-state index contributed by atoms with van der Waals surface area (Å²) >= 11 is 0. The summed E-state index contributed by atoms with van der Waals surface area (Å²) in [6, 6.07) is 0. The van der Waals surface area contributed by atoms with Gasteiger partial charge in [0.05, 0.1) is 0 Å². The van der Waals surface area contributed by atoms with Crippen molar-refractivity contribution in [3.63, 3.8) is 0 Å². The maximum absolute atomic E-state index is 11.1. The van der Waals surface area contributed by atoms with Crippen LogP contribution in [-0.4, -0.2) is 19.3 Å². The number of rotatable bonds is 5. The van der Waals surface area contributed by atoms with E-state index in [0.29, 0.717) is 0 Å².